The molecule has 0 saturated carbocycles. The number of para-hydroxylation sites is 1. The smallest absolute Gasteiger partial charge is 0.321 e. The minimum absolute atomic E-state index is 0.0286. The van der Waals surface area contributed by atoms with Crippen molar-refractivity contribution in [3.8, 4) is 11.5 Å². The van der Waals surface area contributed by atoms with Gasteiger partial charge in [0.2, 0.25) is 5.91 Å². The number of rotatable bonds is 4. The molecule has 2 aliphatic rings. The number of benzene rings is 2. The van der Waals surface area contributed by atoms with E-state index in [4.69, 9.17) is 9.47 Å². The van der Waals surface area contributed by atoms with Crippen LogP contribution in [0.3, 0.4) is 0 Å². The molecule has 1 spiro atoms. The third-order valence-electron chi connectivity index (χ3n) is 5.93. The van der Waals surface area contributed by atoms with Crippen LogP contribution < -0.4 is 25.0 Å². The van der Waals surface area contributed by atoms with Gasteiger partial charge in [0, 0.05) is 24.8 Å². The lowest BCUT2D eigenvalue weighted by Gasteiger charge is -2.43. The molecule has 2 saturated heterocycles. The van der Waals surface area contributed by atoms with E-state index in [1.54, 1.807) is 37.3 Å². The second-order valence-corrected chi connectivity index (χ2v) is 7.44. The highest BCUT2D eigenvalue weighted by atomic mass is 16.5. The number of urea groups is 1. The lowest BCUT2D eigenvalue weighted by Crippen LogP contribution is -2.57. The van der Waals surface area contributed by atoms with E-state index >= 15 is 0 Å². The predicted octanol–water partition coefficient (Wildman–Crippen LogP) is 2.66. The van der Waals surface area contributed by atoms with Crippen LogP contribution in [0.25, 0.3) is 0 Å². The van der Waals surface area contributed by atoms with E-state index in [0.717, 1.165) is 5.69 Å². The second-order valence-electron chi connectivity index (χ2n) is 7.44. The Morgan fingerprint density at radius 1 is 1.07 bits per heavy atom. The van der Waals surface area contributed by atoms with Gasteiger partial charge >= 0.3 is 6.03 Å². The van der Waals surface area contributed by atoms with Crippen LogP contribution >= 0.6 is 0 Å². The summed E-state index contributed by atoms with van der Waals surface area (Å²) in [7, 11) is 3.13. The first-order chi connectivity index (χ1) is 14.6. The van der Waals surface area contributed by atoms with Gasteiger partial charge in [-0.1, -0.05) is 18.2 Å². The van der Waals surface area contributed by atoms with Crippen molar-refractivity contribution in [3.05, 3.63) is 48.5 Å². The zero-order valence-electron chi connectivity index (χ0n) is 17.2. The summed E-state index contributed by atoms with van der Waals surface area (Å²) >= 11 is 0. The molecule has 0 atom stereocenters. The molecule has 8 nitrogen and oxygen atoms in total. The number of carbonyl (C=O) groups excluding carboxylic acids is 2. The first-order valence-electron chi connectivity index (χ1n) is 9.96. The first-order valence-corrected chi connectivity index (χ1v) is 9.96. The van der Waals surface area contributed by atoms with E-state index in [9.17, 15) is 9.59 Å². The second kappa shape index (κ2) is 8.14. The molecular weight excluding hydrogens is 384 g/mol. The van der Waals surface area contributed by atoms with Crippen LogP contribution in [-0.2, 0) is 4.79 Å². The van der Waals surface area contributed by atoms with Crippen LogP contribution in [0.5, 0.6) is 11.5 Å². The molecule has 4 rings (SSSR count). The molecule has 2 heterocycles. The molecule has 0 unspecified atom stereocenters. The molecule has 2 aliphatic heterocycles. The van der Waals surface area contributed by atoms with Crippen LogP contribution in [-0.4, -0.2) is 56.4 Å². The third kappa shape index (κ3) is 3.49. The van der Waals surface area contributed by atoms with E-state index in [0.29, 0.717) is 49.8 Å². The number of amides is 3. The molecule has 2 N–H and O–H groups in total. The monoisotopic (exact) mass is 410 g/mol. The highest BCUT2D eigenvalue weighted by molar-refractivity contribution is 5.95. The average Bonchev–Trinajstić information content (AvgIpc) is 3.10. The third-order valence-corrected chi connectivity index (χ3v) is 5.93. The average molecular weight is 410 g/mol. The van der Waals surface area contributed by atoms with Crippen molar-refractivity contribution in [2.24, 2.45) is 0 Å². The normalized spacial score (nSPS) is 17.6. The number of hydrogen-bond acceptors (Lipinski definition) is 5. The Bertz CT molecular complexity index is 926. The summed E-state index contributed by atoms with van der Waals surface area (Å²) in [6, 6.07) is 14.9. The lowest BCUT2D eigenvalue weighted by atomic mass is 9.85. The number of ether oxygens (including phenoxy) is 2. The summed E-state index contributed by atoms with van der Waals surface area (Å²) in [5.74, 6) is 1.22. The maximum Gasteiger partial charge on any atom is 0.321 e. The quantitative estimate of drug-likeness (QED) is 0.810. The number of nitrogens with one attached hydrogen (secondary N) is 2. The number of piperidine rings is 1. The van der Waals surface area contributed by atoms with Crippen molar-refractivity contribution >= 4 is 23.3 Å². The molecule has 2 aromatic carbocycles. The van der Waals surface area contributed by atoms with Gasteiger partial charge in [-0.05, 0) is 37.1 Å². The lowest BCUT2D eigenvalue weighted by molar-refractivity contribution is -0.124. The minimum atomic E-state index is -0.619. The molecule has 158 valence electrons. The van der Waals surface area contributed by atoms with Gasteiger partial charge in [0.15, 0.2) is 0 Å². The van der Waals surface area contributed by atoms with Gasteiger partial charge in [-0.25, -0.2) is 4.79 Å². The SMILES string of the molecule is COc1ccc(OC)c(NC(=O)N2CCC3(CC2)C(=O)NCN3c2ccccc2)c1. The Hall–Kier alpha value is -3.42. The maximum atomic E-state index is 12.9. The summed E-state index contributed by atoms with van der Waals surface area (Å²) < 4.78 is 10.6. The summed E-state index contributed by atoms with van der Waals surface area (Å²) in [4.78, 5) is 29.5. The number of methoxy groups -OCH3 is 2. The van der Waals surface area contributed by atoms with Gasteiger partial charge in [0.1, 0.15) is 17.0 Å². The van der Waals surface area contributed by atoms with Gasteiger partial charge < -0.3 is 29.9 Å². The van der Waals surface area contributed by atoms with Gasteiger partial charge in [-0.15, -0.1) is 0 Å². The Morgan fingerprint density at radius 3 is 2.47 bits per heavy atom. The fourth-order valence-corrected chi connectivity index (χ4v) is 4.22. The minimum Gasteiger partial charge on any atom is -0.497 e. The van der Waals surface area contributed by atoms with Crippen molar-refractivity contribution in [1.82, 2.24) is 10.2 Å². The van der Waals surface area contributed by atoms with Gasteiger partial charge in [-0.3, -0.25) is 4.79 Å². The summed E-state index contributed by atoms with van der Waals surface area (Å²) in [6.07, 6.45) is 1.13. The molecule has 0 aromatic heterocycles. The number of carbonyl (C=O) groups is 2. The zero-order valence-corrected chi connectivity index (χ0v) is 17.2. The molecule has 2 fully saturated rings. The zero-order chi connectivity index (χ0) is 21.1. The fourth-order valence-electron chi connectivity index (χ4n) is 4.22. The van der Waals surface area contributed by atoms with Crippen LogP contribution in [0.2, 0.25) is 0 Å². The first kappa shape index (κ1) is 19.9. The van der Waals surface area contributed by atoms with Gasteiger partial charge in [-0.2, -0.15) is 0 Å². The standard InChI is InChI=1S/C22H26N4O4/c1-29-17-8-9-19(30-2)18(14-17)24-21(28)25-12-10-22(11-13-25)20(27)23-15-26(22)16-6-4-3-5-7-16/h3-9,14H,10-13,15H2,1-2H3,(H,23,27)(H,24,28). The molecule has 0 radical (unpaired) electrons. The van der Waals surface area contributed by atoms with E-state index in [2.05, 4.69) is 15.5 Å². The summed E-state index contributed by atoms with van der Waals surface area (Å²) in [5, 5.41) is 5.88. The highest BCUT2D eigenvalue weighted by Gasteiger charge is 2.50. The van der Waals surface area contributed by atoms with Crippen molar-refractivity contribution in [3.63, 3.8) is 0 Å². The Morgan fingerprint density at radius 2 is 1.80 bits per heavy atom. The van der Waals surface area contributed by atoms with E-state index in [1.165, 1.54) is 0 Å². The Labute approximate surface area is 175 Å². The molecule has 3 amide bonds. The molecule has 30 heavy (non-hydrogen) atoms. The molecule has 2 aromatic rings. The number of anilines is 2. The molecule has 8 heteroatoms. The predicted molar refractivity (Wildman–Crippen MR) is 114 cm³/mol. The Kier molecular flexibility index (Phi) is 5.39. The summed E-state index contributed by atoms with van der Waals surface area (Å²) in [6.45, 7) is 1.44. The number of likely N-dealkylation sites (tertiary alicyclic amines) is 1. The van der Waals surface area contributed by atoms with Crippen LogP contribution in [0.1, 0.15) is 12.8 Å². The maximum absolute atomic E-state index is 12.9. The van der Waals surface area contributed by atoms with Gasteiger partial charge in [0.25, 0.3) is 0 Å². The van der Waals surface area contributed by atoms with E-state index < -0.39 is 5.54 Å². The Balaban J connectivity index is 1.46. The van der Waals surface area contributed by atoms with Gasteiger partial charge in [0.05, 0.1) is 26.6 Å². The van der Waals surface area contributed by atoms with Crippen molar-refractivity contribution in [1.29, 1.82) is 0 Å². The molecule has 0 bridgehead atoms. The molecule has 0 aliphatic carbocycles. The molecular formula is C22H26N4O4. The van der Waals surface area contributed by atoms with E-state index in [-0.39, 0.29) is 11.9 Å². The van der Waals surface area contributed by atoms with Crippen LogP contribution in [0.4, 0.5) is 16.2 Å². The largest absolute Gasteiger partial charge is 0.497 e. The van der Waals surface area contributed by atoms with Crippen molar-refractivity contribution < 1.29 is 19.1 Å². The van der Waals surface area contributed by atoms with Crippen LogP contribution in [0, 0.1) is 0 Å². The topological polar surface area (TPSA) is 83.1 Å². The fraction of sp³-hybridized carbons (Fsp3) is 0.364. The highest BCUT2D eigenvalue weighted by Crippen LogP contribution is 2.36. The van der Waals surface area contributed by atoms with E-state index in [1.807, 2.05) is 30.3 Å². The number of nitrogens with zero attached hydrogens (tertiary/aromatic N) is 2. The van der Waals surface area contributed by atoms with Crippen molar-refractivity contribution in [2.45, 2.75) is 18.4 Å². The number of hydrogen-bond donors (Lipinski definition) is 2. The van der Waals surface area contributed by atoms with Crippen molar-refractivity contribution in [2.75, 3.05) is 44.2 Å². The summed E-state index contributed by atoms with van der Waals surface area (Å²) in [5.41, 5.74) is 0.938. The van der Waals surface area contributed by atoms with Crippen LogP contribution in [0.15, 0.2) is 48.5 Å².